The Morgan fingerprint density at radius 3 is 1.63 bits per heavy atom. The first-order valence-corrected chi connectivity index (χ1v) is 29.5. The Labute approximate surface area is 483 Å². The average molecular weight is 1130 g/mol. The minimum Gasteiger partial charge on any atom is -0.388 e. The van der Waals surface area contributed by atoms with Gasteiger partial charge in [-0.1, -0.05) is 216 Å². The lowest BCUT2D eigenvalue weighted by Crippen LogP contribution is -2.54. The molecule has 4 aromatic heterocycles. The first-order valence-electron chi connectivity index (χ1n) is 26.9. The molecule has 1 amide bonds. The molecule has 7 aromatic carbocycles. The Bertz CT molecular complexity index is 4390. The molecule has 406 valence electrons. The van der Waals surface area contributed by atoms with Gasteiger partial charge < -0.3 is 8.96 Å². The van der Waals surface area contributed by atoms with Crippen LogP contribution in [0.15, 0.2) is 218 Å². The van der Waals surface area contributed by atoms with Gasteiger partial charge in [-0.05, 0) is 55.3 Å². The van der Waals surface area contributed by atoms with Gasteiger partial charge >= 0.3 is 29.2 Å². The summed E-state index contributed by atoms with van der Waals surface area (Å²) in [6.45, 7) is 10.4. The summed E-state index contributed by atoms with van der Waals surface area (Å²) in [7, 11) is -5.88. The molecule has 0 spiro atoms. The number of sulfonamides is 1. The van der Waals surface area contributed by atoms with Crippen LogP contribution in [0, 0.1) is 24.8 Å². The molecule has 0 bridgehead atoms. The van der Waals surface area contributed by atoms with Crippen LogP contribution in [-0.4, -0.2) is 64.0 Å². The molecule has 1 N–H and O–H groups in total. The van der Waals surface area contributed by atoms with Crippen LogP contribution in [0.2, 0.25) is 0 Å². The monoisotopic (exact) mass is 1130 g/mol. The van der Waals surface area contributed by atoms with E-state index in [2.05, 4.69) is 87.5 Å². The fourth-order valence-corrected chi connectivity index (χ4v) is 12.5. The van der Waals surface area contributed by atoms with Crippen molar-refractivity contribution < 1.29 is 26.4 Å². The van der Waals surface area contributed by atoms with Crippen molar-refractivity contribution in [1.82, 2.24) is 23.6 Å². The fraction of sp³-hybridized carbons (Fsp3) is 0.106. The number of nitrogens with one attached hydrogen (secondary N) is 1. The highest BCUT2D eigenvalue weighted by atomic mass is 32.2. The van der Waals surface area contributed by atoms with E-state index in [4.69, 9.17) is 9.97 Å². The van der Waals surface area contributed by atoms with Crippen LogP contribution >= 0.6 is 11.8 Å². The minimum atomic E-state index is -5.88. The summed E-state index contributed by atoms with van der Waals surface area (Å²) >= 11 is 1.30. The topological polar surface area (TPSA) is 127 Å². The number of carbonyl (C=O) groups excluding carboxylic acids is 1. The van der Waals surface area contributed by atoms with E-state index in [0.29, 0.717) is 62.5 Å². The third kappa shape index (κ3) is 11.1. The molecule has 11 aromatic rings. The predicted molar refractivity (Wildman–Crippen MR) is 330 cm³/mol. The van der Waals surface area contributed by atoms with Crippen molar-refractivity contribution in [1.29, 1.82) is 5.26 Å². The Morgan fingerprint density at radius 1 is 0.627 bits per heavy atom. The lowest BCUT2D eigenvalue weighted by Gasteiger charge is -2.25. The summed E-state index contributed by atoms with van der Waals surface area (Å²) in [5, 5.41) is 16.5. The number of para-hydroxylation sites is 2. The summed E-state index contributed by atoms with van der Waals surface area (Å²) < 4.78 is 69.1. The van der Waals surface area contributed by atoms with Crippen molar-refractivity contribution in [2.75, 3.05) is 11.5 Å². The van der Waals surface area contributed by atoms with E-state index in [0.717, 1.165) is 59.9 Å². The molecule has 0 unspecified atom stereocenters. The van der Waals surface area contributed by atoms with Gasteiger partial charge in [-0.2, -0.15) is 38.6 Å². The van der Waals surface area contributed by atoms with Gasteiger partial charge in [-0.15, -0.1) is 0 Å². The predicted octanol–water partition coefficient (Wildman–Crippen LogP) is 9.64. The van der Waals surface area contributed by atoms with E-state index in [1.165, 1.54) is 11.8 Å². The zero-order valence-corrected chi connectivity index (χ0v) is 46.5. The van der Waals surface area contributed by atoms with Crippen LogP contribution in [0.1, 0.15) is 35.5 Å². The van der Waals surface area contributed by atoms with Crippen LogP contribution in [-0.2, 0) is 21.2 Å². The van der Waals surface area contributed by atoms with Crippen molar-refractivity contribution in [2.45, 2.75) is 31.7 Å². The number of benzene rings is 7. The molecule has 4 heterocycles. The van der Waals surface area contributed by atoms with Crippen LogP contribution in [0.4, 0.5) is 13.2 Å². The van der Waals surface area contributed by atoms with E-state index in [-0.39, 0.29) is 17.0 Å². The summed E-state index contributed by atoms with van der Waals surface area (Å²) in [6.07, 6.45) is 0.244. The Hall–Kier alpha value is -9.41. The lowest BCUT2D eigenvalue weighted by atomic mass is 9.50. The molecule has 0 fully saturated rings. The number of aryl methyl sites for hydroxylation is 2. The molecular formula is C66H50B2F3N7O3S2. The second-order valence-corrected chi connectivity index (χ2v) is 22.8. The van der Waals surface area contributed by atoms with E-state index in [9.17, 15) is 38.2 Å². The number of amides is 1. The zero-order chi connectivity index (χ0) is 57.7. The van der Waals surface area contributed by atoms with Crippen molar-refractivity contribution in [3.05, 3.63) is 263 Å². The molecule has 11 rings (SSSR count). The number of nitrogens with zero attached hydrogens (tertiary/aromatic N) is 6. The number of carbonyl (C=O) groups is 1. The standard InChI is InChI=1S/C66H50B2F3N7O3S2/c1-45-22-15-18-33-52(45)63-61-60(64(53(44-72)56-39-37-46-23-16-19-34-54(46)74-56)78(63)68(50-29-11-5-12-30-50)51-31-13-6-14-32-51)58(36-21-42-82-43-41-59(79)76-83(80,81)66(69,70)71)77(67(48-25-7-3-8-26-48)49-27-9-4-10-28-49)65(61)62(73-2)57-40-38-47-24-17-20-35-55(47)75-57/h3-20,22-35,37-40H,21,36,41-43H2,1H3,(H,76,79)/b64-53-,65-62+. The molecule has 0 radical (unpaired) electrons. The summed E-state index contributed by atoms with van der Waals surface area (Å²) in [5.74, 6) is -0.862. The summed E-state index contributed by atoms with van der Waals surface area (Å²) in [6, 6.07) is 74.5. The molecule has 17 heteroatoms. The summed E-state index contributed by atoms with van der Waals surface area (Å²) in [4.78, 5) is 27.7. The molecular weight excluding hydrogens is 1080 g/mol. The number of aromatic nitrogens is 4. The van der Waals surface area contributed by atoms with E-state index < -0.39 is 41.6 Å². The van der Waals surface area contributed by atoms with Crippen LogP contribution in [0.3, 0.4) is 0 Å². The molecule has 0 aliphatic rings. The third-order valence-corrected chi connectivity index (χ3v) is 16.9. The molecule has 0 aliphatic carbocycles. The number of halogens is 3. The number of pyridine rings is 2. The van der Waals surface area contributed by atoms with E-state index in [1.807, 2.05) is 158 Å². The molecule has 0 saturated heterocycles. The average Bonchev–Trinajstić information content (AvgIpc) is 2.72. The smallest absolute Gasteiger partial charge is 0.388 e. The number of hydrogen-bond acceptors (Lipinski definition) is 7. The zero-order valence-electron chi connectivity index (χ0n) is 44.8. The van der Waals surface area contributed by atoms with Gasteiger partial charge in [-0.25, -0.2) is 14.6 Å². The van der Waals surface area contributed by atoms with Gasteiger partial charge in [0, 0.05) is 56.0 Å². The van der Waals surface area contributed by atoms with E-state index in [1.54, 1.807) is 0 Å². The number of alkyl halides is 3. The fourth-order valence-electron chi connectivity index (χ4n) is 11.1. The summed E-state index contributed by atoms with van der Waals surface area (Å²) in [5.41, 5.74) is 4.08. The molecule has 83 heavy (non-hydrogen) atoms. The van der Waals surface area contributed by atoms with E-state index >= 15 is 0 Å². The van der Waals surface area contributed by atoms with Crippen LogP contribution < -0.4 is 37.3 Å². The minimum absolute atomic E-state index is 0.0235. The highest BCUT2D eigenvalue weighted by molar-refractivity contribution is 7.99. The van der Waals surface area contributed by atoms with Crippen molar-refractivity contribution in [3.63, 3.8) is 0 Å². The van der Waals surface area contributed by atoms with Gasteiger partial charge in [0.25, 0.3) is 0 Å². The largest absolute Gasteiger partial charge is 0.516 e. The number of rotatable bonds is 17. The maximum absolute atomic E-state index is 13.3. The highest BCUT2D eigenvalue weighted by Gasteiger charge is 2.47. The second kappa shape index (κ2) is 24.0. The molecule has 0 saturated carbocycles. The van der Waals surface area contributed by atoms with Crippen LogP contribution in [0.5, 0.6) is 0 Å². The third-order valence-electron chi connectivity index (χ3n) is 14.7. The normalized spacial score (nSPS) is 12.4. The highest BCUT2D eigenvalue weighted by Crippen LogP contribution is 2.35. The molecule has 0 aliphatic heterocycles. The maximum Gasteiger partial charge on any atom is 0.516 e. The Morgan fingerprint density at radius 2 is 1.11 bits per heavy atom. The lowest BCUT2D eigenvalue weighted by molar-refractivity contribution is -0.119. The van der Waals surface area contributed by atoms with Gasteiger partial charge in [0.05, 0.1) is 34.3 Å². The quantitative estimate of drug-likeness (QED) is 0.0547. The Balaban J connectivity index is 1.34. The van der Waals surface area contributed by atoms with Gasteiger partial charge in [0.1, 0.15) is 11.6 Å². The first kappa shape index (κ1) is 55.5. The number of fused-ring (bicyclic) bond motifs is 3. The number of thioether (sulfide) groups is 1. The van der Waals surface area contributed by atoms with Crippen LogP contribution in [0.25, 0.3) is 60.0 Å². The van der Waals surface area contributed by atoms with Crippen molar-refractivity contribution in [3.8, 4) is 17.3 Å². The number of hydrogen-bond donors (Lipinski definition) is 1. The first-order chi connectivity index (χ1) is 40.4. The van der Waals surface area contributed by atoms with Gasteiger partial charge in [0.2, 0.25) is 11.6 Å². The molecule has 10 nitrogen and oxygen atoms in total. The van der Waals surface area contributed by atoms with Gasteiger partial charge in [0.15, 0.2) is 0 Å². The van der Waals surface area contributed by atoms with Crippen molar-refractivity contribution in [2.24, 2.45) is 0 Å². The number of nitriles is 1. The molecule has 0 atom stereocenters. The van der Waals surface area contributed by atoms with Crippen molar-refractivity contribution >= 4 is 107 Å². The Kier molecular flexibility index (Phi) is 16.0. The maximum atomic E-state index is 13.3. The second-order valence-electron chi connectivity index (χ2n) is 19.9. The van der Waals surface area contributed by atoms with Gasteiger partial charge in [-0.3, -0.25) is 9.78 Å². The SMILES string of the molecule is [C-]#[N+]/C(c1ccc2ccccc2n1)=c1\c2c(-c3ccccc3C)n(B(c3ccccc3)c3ccccc3)/c(=C(/C#N)c3ccc4ccccc4n3)c2c(CCCSCCC(=O)NS(=O)(=O)C(F)(F)F)n1B(c1ccccc1)c1ccccc1.